The van der Waals surface area contributed by atoms with Gasteiger partial charge in [0.25, 0.3) is 0 Å². The normalized spacial score (nSPS) is 54.9. The lowest BCUT2D eigenvalue weighted by molar-refractivity contribution is -0.223. The molecule has 0 bridgehead atoms. The number of carbonyl (C=O) groups excluding carboxylic acids is 1. The van der Waals surface area contributed by atoms with Crippen molar-refractivity contribution in [3.63, 3.8) is 0 Å². The fraction of sp³-hybridized carbons (Fsp3) is 0.962. The van der Waals surface area contributed by atoms with E-state index >= 15 is 0 Å². The summed E-state index contributed by atoms with van der Waals surface area (Å²) in [7, 11) is 0. The molecule has 5 aliphatic rings. The van der Waals surface area contributed by atoms with Crippen LogP contribution in [0.3, 0.4) is 0 Å². The highest BCUT2D eigenvalue weighted by atomic mass is 16.5. The summed E-state index contributed by atoms with van der Waals surface area (Å²) in [6.07, 6.45) is 8.68. The average molecular weight is 421 g/mol. The van der Waals surface area contributed by atoms with Crippen LogP contribution in [0, 0.1) is 46.3 Å². The van der Waals surface area contributed by atoms with Crippen LogP contribution in [0.5, 0.6) is 0 Å². The molecule has 1 aliphatic heterocycles. The van der Waals surface area contributed by atoms with Crippen molar-refractivity contribution in [1.82, 2.24) is 0 Å². The number of carbonyl (C=O) groups is 1. The molecule has 5 fully saturated rings. The molecule has 0 radical (unpaired) electrons. The van der Waals surface area contributed by atoms with Crippen molar-refractivity contribution in [2.45, 2.75) is 104 Å². The molecule has 1 saturated heterocycles. The molecule has 0 aromatic heterocycles. The van der Waals surface area contributed by atoms with Gasteiger partial charge >= 0.3 is 5.97 Å². The van der Waals surface area contributed by atoms with Crippen molar-refractivity contribution >= 4 is 5.97 Å². The van der Waals surface area contributed by atoms with Crippen molar-refractivity contribution in [2.24, 2.45) is 46.3 Å². The molecule has 0 aromatic rings. The SMILES string of the molecule is CC.CC1CC(O)CC2CCC3C(CCC4(C)C(C5COC(=O)C5)CCC34O)C12C. The maximum absolute atomic E-state index is 12.2. The van der Waals surface area contributed by atoms with Gasteiger partial charge in [-0.05, 0) is 91.8 Å². The fourth-order valence-corrected chi connectivity index (χ4v) is 9.25. The quantitative estimate of drug-likeness (QED) is 0.589. The first-order valence-corrected chi connectivity index (χ1v) is 12.8. The Morgan fingerprint density at radius 3 is 2.33 bits per heavy atom. The monoisotopic (exact) mass is 420 g/mol. The van der Waals surface area contributed by atoms with Crippen LogP contribution in [-0.4, -0.2) is 34.5 Å². The average Bonchev–Trinajstić information content (AvgIpc) is 3.25. The van der Waals surface area contributed by atoms with Gasteiger partial charge in [0.15, 0.2) is 0 Å². The molecule has 0 spiro atoms. The van der Waals surface area contributed by atoms with Crippen LogP contribution in [0.1, 0.15) is 92.4 Å². The van der Waals surface area contributed by atoms with Gasteiger partial charge in [0.05, 0.1) is 24.7 Å². The van der Waals surface area contributed by atoms with Crippen molar-refractivity contribution in [1.29, 1.82) is 0 Å². The molecule has 10 atom stereocenters. The Bertz CT molecular complexity index is 663. The Hall–Kier alpha value is -0.610. The lowest BCUT2D eigenvalue weighted by Gasteiger charge is -2.65. The van der Waals surface area contributed by atoms with Crippen molar-refractivity contribution in [3.05, 3.63) is 0 Å². The summed E-state index contributed by atoms with van der Waals surface area (Å²) < 4.78 is 5.31. The van der Waals surface area contributed by atoms with Crippen LogP contribution >= 0.6 is 0 Å². The maximum Gasteiger partial charge on any atom is 0.306 e. The van der Waals surface area contributed by atoms with Gasteiger partial charge in [0.1, 0.15) is 0 Å². The number of aliphatic hydroxyl groups excluding tert-OH is 1. The van der Waals surface area contributed by atoms with Gasteiger partial charge in [0, 0.05) is 5.92 Å². The van der Waals surface area contributed by atoms with E-state index in [1.54, 1.807) is 0 Å². The summed E-state index contributed by atoms with van der Waals surface area (Å²) in [5, 5.41) is 22.6. The van der Waals surface area contributed by atoms with E-state index in [0.717, 1.165) is 44.9 Å². The van der Waals surface area contributed by atoms with Crippen LogP contribution < -0.4 is 0 Å². The van der Waals surface area contributed by atoms with Crippen molar-refractivity contribution in [2.75, 3.05) is 6.61 Å². The van der Waals surface area contributed by atoms with Crippen molar-refractivity contribution in [3.8, 4) is 0 Å². The number of cyclic esters (lactones) is 1. The predicted molar refractivity (Wildman–Crippen MR) is 118 cm³/mol. The van der Waals surface area contributed by atoms with Gasteiger partial charge in [-0.1, -0.05) is 34.6 Å². The molecule has 0 amide bonds. The lowest BCUT2D eigenvalue weighted by atomic mass is 9.41. The number of esters is 1. The predicted octanol–water partition coefficient (Wildman–Crippen LogP) is 4.96. The maximum atomic E-state index is 12.2. The van der Waals surface area contributed by atoms with Gasteiger partial charge in [-0.15, -0.1) is 0 Å². The number of aliphatic hydroxyl groups is 2. The van der Waals surface area contributed by atoms with Gasteiger partial charge in [-0.25, -0.2) is 0 Å². The molecule has 4 nitrogen and oxygen atoms in total. The topological polar surface area (TPSA) is 66.8 Å². The third-order valence-corrected chi connectivity index (χ3v) is 10.9. The largest absolute Gasteiger partial charge is 0.465 e. The summed E-state index contributed by atoms with van der Waals surface area (Å²) in [6, 6.07) is 0. The molecular formula is C26H44O4. The first-order chi connectivity index (χ1) is 14.2. The zero-order chi connectivity index (χ0) is 21.9. The Balaban J connectivity index is 0.00000106. The smallest absolute Gasteiger partial charge is 0.306 e. The van der Waals surface area contributed by atoms with Gasteiger partial charge in [0.2, 0.25) is 0 Å². The third-order valence-electron chi connectivity index (χ3n) is 10.9. The first kappa shape index (κ1) is 22.6. The Labute approximate surface area is 183 Å². The Morgan fingerprint density at radius 2 is 1.67 bits per heavy atom. The zero-order valence-corrected chi connectivity index (χ0v) is 19.8. The molecule has 4 aliphatic carbocycles. The van der Waals surface area contributed by atoms with E-state index in [0.29, 0.717) is 48.5 Å². The Kier molecular flexibility index (Phi) is 5.84. The summed E-state index contributed by atoms with van der Waals surface area (Å²) >= 11 is 0. The molecule has 5 rings (SSSR count). The molecule has 10 unspecified atom stereocenters. The molecular weight excluding hydrogens is 376 g/mol. The third kappa shape index (κ3) is 2.95. The number of fused-ring (bicyclic) bond motifs is 5. The number of hydrogen-bond donors (Lipinski definition) is 2. The highest BCUT2D eigenvalue weighted by molar-refractivity contribution is 5.71. The van der Waals surface area contributed by atoms with Gasteiger partial charge < -0.3 is 14.9 Å². The second-order valence-corrected chi connectivity index (χ2v) is 11.6. The molecule has 172 valence electrons. The highest BCUT2D eigenvalue weighted by Crippen LogP contribution is 2.70. The van der Waals surface area contributed by atoms with Crippen LogP contribution in [0.25, 0.3) is 0 Å². The van der Waals surface area contributed by atoms with Crippen LogP contribution in [0.4, 0.5) is 0 Å². The second-order valence-electron chi connectivity index (χ2n) is 11.6. The molecule has 30 heavy (non-hydrogen) atoms. The minimum atomic E-state index is -0.601. The second kappa shape index (κ2) is 7.76. The van der Waals surface area contributed by atoms with Crippen LogP contribution in [0.2, 0.25) is 0 Å². The van der Waals surface area contributed by atoms with E-state index in [9.17, 15) is 15.0 Å². The summed E-state index contributed by atoms with van der Waals surface area (Å²) in [5.41, 5.74) is -0.451. The standard InChI is InChI=1S/C24H38O4.C2H6/c1-14-10-17(25)12-16-4-5-20-19(23(14,16)3)6-8-22(2)18(7-9-24(20,22)27)15-11-21(26)28-13-15;1-2/h14-20,25,27H,4-13H2,1-3H3;1-2H3. The molecule has 4 saturated carbocycles. The lowest BCUT2D eigenvalue weighted by Crippen LogP contribution is -2.64. The van der Waals surface area contributed by atoms with Gasteiger partial charge in [-0.2, -0.15) is 0 Å². The van der Waals surface area contributed by atoms with Crippen LogP contribution in [-0.2, 0) is 9.53 Å². The van der Waals surface area contributed by atoms with Gasteiger partial charge in [-0.3, -0.25) is 4.79 Å². The number of rotatable bonds is 1. The van der Waals surface area contributed by atoms with E-state index in [1.807, 2.05) is 13.8 Å². The highest BCUT2D eigenvalue weighted by Gasteiger charge is 2.68. The minimum Gasteiger partial charge on any atom is -0.465 e. The van der Waals surface area contributed by atoms with E-state index < -0.39 is 5.60 Å². The molecule has 4 heteroatoms. The van der Waals surface area contributed by atoms with E-state index in [4.69, 9.17) is 4.74 Å². The number of ether oxygens (including phenoxy) is 1. The van der Waals surface area contributed by atoms with E-state index in [-0.39, 0.29) is 22.9 Å². The minimum absolute atomic E-state index is 0.0552. The van der Waals surface area contributed by atoms with E-state index in [1.165, 1.54) is 6.42 Å². The fourth-order valence-electron chi connectivity index (χ4n) is 9.25. The summed E-state index contributed by atoms with van der Waals surface area (Å²) in [6.45, 7) is 11.7. The Morgan fingerprint density at radius 1 is 0.967 bits per heavy atom. The van der Waals surface area contributed by atoms with Crippen LogP contribution in [0.15, 0.2) is 0 Å². The number of hydrogen-bond acceptors (Lipinski definition) is 4. The summed E-state index contributed by atoms with van der Waals surface area (Å²) in [5.74, 6) is 2.68. The summed E-state index contributed by atoms with van der Waals surface area (Å²) in [4.78, 5) is 11.7. The van der Waals surface area contributed by atoms with E-state index in [2.05, 4.69) is 20.8 Å². The zero-order valence-electron chi connectivity index (χ0n) is 19.8. The molecule has 1 heterocycles. The van der Waals surface area contributed by atoms with Crippen molar-refractivity contribution < 1.29 is 19.7 Å². The first-order valence-electron chi connectivity index (χ1n) is 12.8. The molecule has 2 N–H and O–H groups in total. The molecule has 0 aromatic carbocycles.